The first-order chi connectivity index (χ1) is 31.7. The van der Waals surface area contributed by atoms with Crippen molar-refractivity contribution >= 4 is 38.2 Å². The van der Waals surface area contributed by atoms with E-state index in [2.05, 4.69) is 203 Å². The van der Waals surface area contributed by atoms with Gasteiger partial charge >= 0.3 is 0 Å². The topological polar surface area (TPSA) is 51.6 Å². The predicted octanol–water partition coefficient (Wildman–Crippen LogP) is 14.7. The van der Waals surface area contributed by atoms with Gasteiger partial charge < -0.3 is 0 Å². The number of aromatic nitrogens is 4. The third-order valence-electron chi connectivity index (χ3n) is 17.0. The highest BCUT2D eigenvalue weighted by atomic mass is 28.3. The molecule has 6 aliphatic rings. The third kappa shape index (κ3) is 5.77. The van der Waals surface area contributed by atoms with E-state index < -0.39 is 16.1 Å². The Balaban J connectivity index is 1.32. The second kappa shape index (κ2) is 15.4. The molecule has 0 atom stereocenters. The molecule has 0 spiro atoms. The van der Waals surface area contributed by atoms with Gasteiger partial charge in [0.05, 0.1) is 57.6 Å². The lowest BCUT2D eigenvalue weighted by Crippen LogP contribution is -2.43. The van der Waals surface area contributed by atoms with Crippen molar-refractivity contribution in [3.05, 3.63) is 175 Å². The molecule has 0 amide bonds. The summed E-state index contributed by atoms with van der Waals surface area (Å²) in [6.45, 7) is 28.8. The highest BCUT2D eigenvalue weighted by molar-refractivity contribution is 6.91. The highest BCUT2D eigenvalue weighted by Crippen LogP contribution is 2.57. The highest BCUT2D eigenvalue weighted by Gasteiger charge is 2.47. The van der Waals surface area contributed by atoms with Crippen LogP contribution in [0.4, 0.5) is 0 Å². The van der Waals surface area contributed by atoms with Crippen molar-refractivity contribution in [3.63, 3.8) is 0 Å². The number of benzene rings is 5. The van der Waals surface area contributed by atoms with Crippen molar-refractivity contribution in [1.82, 2.24) is 19.9 Å². The molecule has 6 aliphatic carbocycles. The Kier molecular flexibility index (Phi) is 10.0. The quantitative estimate of drug-likeness (QED) is 0.0948. The fraction of sp³-hybridized carbons (Fsp3) is 0.367. The van der Waals surface area contributed by atoms with E-state index >= 15 is 0 Å². The molecule has 2 aromatic heterocycles. The molecular formula is C60H62N4Si2. The SMILES string of the molecule is CC(C)[Si](C#Cc1c2nc3c(nc2c(C#C[Si](C(C)C)(C(C)C)C(C)C)c2nc4c(nc12)C1c2ccccc2C4c2ccccc21)C1c2ccccc2C3c2ccccc21)(C(C)C)C(C)C. The summed E-state index contributed by atoms with van der Waals surface area (Å²) in [4.78, 5) is 23.8. The summed E-state index contributed by atoms with van der Waals surface area (Å²) >= 11 is 0. The maximum atomic E-state index is 5.95. The Morgan fingerprint density at radius 3 is 0.667 bits per heavy atom. The number of hydrogen-bond donors (Lipinski definition) is 0. The molecule has 5 aromatic carbocycles. The van der Waals surface area contributed by atoms with E-state index in [-0.39, 0.29) is 23.7 Å². The van der Waals surface area contributed by atoms with Gasteiger partial charge in [0.1, 0.15) is 38.2 Å². The molecule has 0 radical (unpaired) electrons. The summed E-state index contributed by atoms with van der Waals surface area (Å²) in [5, 5.41) is 0. The molecule has 6 heteroatoms. The van der Waals surface area contributed by atoms with Crippen LogP contribution >= 0.6 is 0 Å². The number of hydrogen-bond acceptors (Lipinski definition) is 4. The van der Waals surface area contributed by atoms with E-state index in [1.54, 1.807) is 0 Å². The summed E-state index contributed by atoms with van der Waals surface area (Å²) in [5.41, 5.74) is 30.8. The zero-order chi connectivity index (χ0) is 46.1. The molecule has 0 saturated heterocycles. The maximum absolute atomic E-state index is 5.95. The molecule has 0 N–H and O–H groups in total. The lowest BCUT2D eigenvalue weighted by Gasteiger charge is -2.41. The van der Waals surface area contributed by atoms with Gasteiger partial charge in [-0.3, -0.25) is 0 Å². The first kappa shape index (κ1) is 42.9. The molecule has 0 fully saturated rings. The summed E-state index contributed by atoms with van der Waals surface area (Å²) in [7, 11) is -4.46. The first-order valence-corrected chi connectivity index (χ1v) is 29.2. The van der Waals surface area contributed by atoms with Crippen LogP contribution in [-0.4, -0.2) is 36.1 Å². The zero-order valence-corrected chi connectivity index (χ0v) is 42.8. The summed E-state index contributed by atoms with van der Waals surface area (Å²) in [6.07, 6.45) is 0. The van der Waals surface area contributed by atoms with Gasteiger partial charge in [-0.25, -0.2) is 19.9 Å². The third-order valence-corrected chi connectivity index (χ3v) is 29.5. The standard InChI is InChI=1S/C60H62N4Si2/c1-33(2)65(34(3)4,35(5)6)31-29-47-53-55(63-59-51-43-25-17-13-21-39(43)49(57(59)61-53)40-22-14-18-26-44(40)51)48(30-32-66(36(7)8,37(9)10)38(11)12)56-54(47)62-58-50-41-23-15-19-27-45(41)52(60(58)64-56)46-28-20-16-24-42(46)50/h13-28,33-38,49-52H,1-12H3. The predicted molar refractivity (Wildman–Crippen MR) is 278 cm³/mol. The van der Waals surface area contributed by atoms with Gasteiger partial charge in [-0.15, -0.1) is 11.1 Å². The lowest BCUT2D eigenvalue weighted by atomic mass is 9.64. The average Bonchev–Trinajstić information content (AvgIpc) is 3.30. The largest absolute Gasteiger partial charge is 0.247 e. The van der Waals surface area contributed by atoms with Crippen LogP contribution in [0.1, 0.15) is 185 Å². The van der Waals surface area contributed by atoms with Crippen molar-refractivity contribution < 1.29 is 0 Å². The Labute approximate surface area is 394 Å². The minimum atomic E-state index is -2.23. The van der Waals surface area contributed by atoms with Gasteiger partial charge in [0.15, 0.2) is 0 Å². The maximum Gasteiger partial charge on any atom is 0.146 e. The van der Waals surface area contributed by atoms with Crippen molar-refractivity contribution in [2.75, 3.05) is 0 Å². The van der Waals surface area contributed by atoms with E-state index in [9.17, 15) is 0 Å². The molecule has 7 aromatic rings. The number of nitrogens with zero attached hydrogens (tertiary/aromatic N) is 4. The van der Waals surface area contributed by atoms with Crippen LogP contribution in [0.5, 0.6) is 0 Å². The van der Waals surface area contributed by atoms with Gasteiger partial charge in [-0.2, -0.15) is 0 Å². The second-order valence-corrected chi connectivity index (χ2v) is 32.8. The van der Waals surface area contributed by atoms with E-state index in [0.717, 1.165) is 56.0 Å². The Bertz CT molecular complexity index is 2780. The lowest BCUT2D eigenvalue weighted by molar-refractivity contribution is 0.707. The van der Waals surface area contributed by atoms with Crippen LogP contribution in [0.2, 0.25) is 33.2 Å². The molecule has 66 heavy (non-hydrogen) atoms. The second-order valence-electron chi connectivity index (χ2n) is 21.7. The Morgan fingerprint density at radius 2 is 0.500 bits per heavy atom. The minimum absolute atomic E-state index is 0.0305. The van der Waals surface area contributed by atoms with E-state index in [0.29, 0.717) is 33.2 Å². The van der Waals surface area contributed by atoms with Crippen LogP contribution in [-0.2, 0) is 0 Å². The van der Waals surface area contributed by atoms with Crippen LogP contribution in [0.25, 0.3) is 22.1 Å². The molecule has 0 saturated carbocycles. The van der Waals surface area contributed by atoms with Crippen LogP contribution in [0.3, 0.4) is 0 Å². The van der Waals surface area contributed by atoms with Crippen LogP contribution in [0, 0.1) is 22.9 Å². The van der Waals surface area contributed by atoms with Gasteiger partial charge in [0, 0.05) is 0 Å². The molecule has 0 unspecified atom stereocenters. The normalized spacial score (nSPS) is 18.6. The minimum Gasteiger partial charge on any atom is -0.247 e. The van der Waals surface area contributed by atoms with Gasteiger partial charge in [0.25, 0.3) is 0 Å². The molecule has 4 nitrogen and oxygen atoms in total. The molecule has 2 heterocycles. The first-order valence-electron chi connectivity index (χ1n) is 24.7. The fourth-order valence-electron chi connectivity index (χ4n) is 14.1. The van der Waals surface area contributed by atoms with Crippen molar-refractivity contribution in [2.45, 2.75) is 140 Å². The van der Waals surface area contributed by atoms with E-state index in [1.807, 2.05) is 0 Å². The molecule has 330 valence electrons. The Hall–Kier alpha value is -5.67. The number of fused-ring (bicyclic) bond motifs is 2. The fourth-order valence-corrected chi connectivity index (χ4v) is 24.5. The van der Waals surface area contributed by atoms with E-state index in [1.165, 1.54) is 44.5 Å². The number of rotatable bonds is 6. The summed E-state index contributed by atoms with van der Waals surface area (Å²) < 4.78 is 0. The average molecular weight is 895 g/mol. The van der Waals surface area contributed by atoms with Crippen LogP contribution < -0.4 is 0 Å². The van der Waals surface area contributed by atoms with Crippen molar-refractivity contribution in [1.29, 1.82) is 0 Å². The van der Waals surface area contributed by atoms with Crippen molar-refractivity contribution in [2.24, 2.45) is 0 Å². The zero-order valence-electron chi connectivity index (χ0n) is 40.8. The molecule has 13 rings (SSSR count). The molecule has 0 aliphatic heterocycles. The monoisotopic (exact) mass is 894 g/mol. The molecular weight excluding hydrogens is 833 g/mol. The summed E-state index contributed by atoms with van der Waals surface area (Å²) in [6, 6.07) is 35.9. The smallest absolute Gasteiger partial charge is 0.146 e. The summed E-state index contributed by atoms with van der Waals surface area (Å²) in [5.74, 6) is 7.91. The molecule has 4 bridgehead atoms. The Morgan fingerprint density at radius 1 is 0.318 bits per heavy atom. The van der Waals surface area contributed by atoms with E-state index in [4.69, 9.17) is 19.9 Å². The van der Waals surface area contributed by atoms with Crippen molar-refractivity contribution in [3.8, 4) is 22.9 Å². The van der Waals surface area contributed by atoms with Gasteiger partial charge in [-0.1, -0.05) is 192 Å². The van der Waals surface area contributed by atoms with Gasteiger partial charge in [0.2, 0.25) is 0 Å². The van der Waals surface area contributed by atoms with Gasteiger partial charge in [-0.05, 0) is 77.8 Å². The van der Waals surface area contributed by atoms with Crippen LogP contribution in [0.15, 0.2) is 97.1 Å².